The Balaban J connectivity index is 2.03. The number of hydrogen-bond donors (Lipinski definition) is 1. The van der Waals surface area contributed by atoms with Crippen molar-refractivity contribution in [3.63, 3.8) is 0 Å². The van der Waals surface area contributed by atoms with Gasteiger partial charge >= 0.3 is 12.0 Å². The molecule has 22 heavy (non-hydrogen) atoms. The molecule has 120 valence electrons. The lowest BCUT2D eigenvalue weighted by atomic mass is 10.1. The van der Waals surface area contributed by atoms with E-state index >= 15 is 0 Å². The summed E-state index contributed by atoms with van der Waals surface area (Å²) in [5.74, 6) is -0.831. The Bertz CT molecular complexity index is 569. The van der Waals surface area contributed by atoms with Crippen LogP contribution in [-0.4, -0.2) is 35.1 Å². The van der Waals surface area contributed by atoms with Gasteiger partial charge < -0.3 is 15.0 Å². The van der Waals surface area contributed by atoms with E-state index in [2.05, 4.69) is 5.32 Å². The number of likely N-dealkylation sites (tertiary alicyclic amines) is 1. The number of urea groups is 1. The summed E-state index contributed by atoms with van der Waals surface area (Å²) in [7, 11) is 0. The Morgan fingerprint density at radius 3 is 2.73 bits per heavy atom. The van der Waals surface area contributed by atoms with Gasteiger partial charge in [0.05, 0.1) is 0 Å². The summed E-state index contributed by atoms with van der Waals surface area (Å²) in [5.41, 5.74) is -0.232. The van der Waals surface area contributed by atoms with Crippen molar-refractivity contribution in [1.82, 2.24) is 4.90 Å². The molecule has 1 fully saturated rings. The zero-order valence-electron chi connectivity index (χ0n) is 13.1. The molecule has 1 heterocycles. The molecule has 6 heteroatoms. The van der Waals surface area contributed by atoms with E-state index in [1.54, 1.807) is 26.8 Å². The molecule has 1 N–H and O–H groups in total. The van der Waals surface area contributed by atoms with Crippen LogP contribution in [-0.2, 0) is 9.53 Å². The first-order valence-corrected chi connectivity index (χ1v) is 7.32. The second-order valence-electron chi connectivity index (χ2n) is 6.33. The number of anilines is 1. The van der Waals surface area contributed by atoms with E-state index in [0.717, 1.165) is 6.42 Å². The van der Waals surface area contributed by atoms with Crippen LogP contribution >= 0.6 is 0 Å². The van der Waals surface area contributed by atoms with Crippen LogP contribution in [0.4, 0.5) is 14.9 Å². The molecule has 1 atom stereocenters. The average molecular weight is 308 g/mol. The fourth-order valence-electron chi connectivity index (χ4n) is 2.39. The van der Waals surface area contributed by atoms with Crippen molar-refractivity contribution in [2.75, 3.05) is 11.9 Å². The van der Waals surface area contributed by atoms with Gasteiger partial charge in [-0.25, -0.2) is 14.0 Å². The van der Waals surface area contributed by atoms with Crippen LogP contribution in [0, 0.1) is 5.82 Å². The van der Waals surface area contributed by atoms with Crippen LogP contribution in [0.5, 0.6) is 0 Å². The lowest BCUT2D eigenvalue weighted by Crippen LogP contribution is -2.45. The highest BCUT2D eigenvalue weighted by Gasteiger charge is 2.36. The third kappa shape index (κ3) is 4.19. The van der Waals surface area contributed by atoms with Crippen LogP contribution in [0.1, 0.15) is 33.6 Å². The van der Waals surface area contributed by atoms with E-state index < -0.39 is 29.5 Å². The molecule has 5 nitrogen and oxygen atoms in total. The minimum Gasteiger partial charge on any atom is -0.458 e. The number of halogens is 1. The number of carbonyl (C=O) groups excluding carboxylic acids is 2. The van der Waals surface area contributed by atoms with Gasteiger partial charge in [-0.1, -0.05) is 6.07 Å². The molecule has 0 unspecified atom stereocenters. The van der Waals surface area contributed by atoms with E-state index in [0.29, 0.717) is 18.7 Å². The zero-order chi connectivity index (χ0) is 16.3. The SMILES string of the molecule is CC(C)(C)OC(=O)[C@@H]1CCCN1C(=O)Nc1cccc(F)c1. The third-order valence-electron chi connectivity index (χ3n) is 3.27. The number of amides is 2. The molecule has 2 amide bonds. The highest BCUT2D eigenvalue weighted by molar-refractivity contribution is 5.93. The number of esters is 1. The van der Waals surface area contributed by atoms with Crippen LogP contribution in [0.3, 0.4) is 0 Å². The number of benzene rings is 1. The normalized spacial score (nSPS) is 18.2. The van der Waals surface area contributed by atoms with E-state index in [-0.39, 0.29) is 0 Å². The van der Waals surface area contributed by atoms with Crippen LogP contribution in [0.15, 0.2) is 24.3 Å². The Morgan fingerprint density at radius 1 is 1.36 bits per heavy atom. The Morgan fingerprint density at radius 2 is 2.09 bits per heavy atom. The van der Waals surface area contributed by atoms with Crippen molar-refractivity contribution < 1.29 is 18.7 Å². The largest absolute Gasteiger partial charge is 0.458 e. The van der Waals surface area contributed by atoms with Crippen molar-refractivity contribution in [2.45, 2.75) is 45.3 Å². The molecule has 1 aromatic rings. The van der Waals surface area contributed by atoms with Gasteiger partial charge in [-0.3, -0.25) is 0 Å². The number of nitrogens with zero attached hydrogens (tertiary/aromatic N) is 1. The van der Waals surface area contributed by atoms with Gasteiger partial charge in [-0.05, 0) is 51.8 Å². The van der Waals surface area contributed by atoms with Gasteiger partial charge in [-0.2, -0.15) is 0 Å². The monoisotopic (exact) mass is 308 g/mol. The minimum absolute atomic E-state index is 0.361. The Labute approximate surface area is 129 Å². The fraction of sp³-hybridized carbons (Fsp3) is 0.500. The summed E-state index contributed by atoms with van der Waals surface area (Å²) >= 11 is 0. The molecular formula is C16H21FN2O3. The number of hydrogen-bond acceptors (Lipinski definition) is 3. The van der Waals surface area contributed by atoms with Gasteiger partial charge in [0, 0.05) is 12.2 Å². The summed E-state index contributed by atoms with van der Waals surface area (Å²) in [6.45, 7) is 5.84. The molecule has 0 aromatic heterocycles. The van der Waals surface area contributed by atoms with Crippen LogP contribution < -0.4 is 5.32 Å². The summed E-state index contributed by atoms with van der Waals surface area (Å²) in [6, 6.07) is 4.64. The predicted molar refractivity (Wildman–Crippen MR) is 81.0 cm³/mol. The molecule has 1 saturated heterocycles. The fourth-order valence-corrected chi connectivity index (χ4v) is 2.39. The number of rotatable bonds is 2. The summed E-state index contributed by atoms with van der Waals surface area (Å²) in [4.78, 5) is 25.9. The highest BCUT2D eigenvalue weighted by atomic mass is 19.1. The van der Waals surface area contributed by atoms with Gasteiger partial charge in [0.2, 0.25) is 0 Å². The lowest BCUT2D eigenvalue weighted by molar-refractivity contribution is -0.159. The quantitative estimate of drug-likeness (QED) is 0.854. The maximum atomic E-state index is 13.1. The molecule has 0 saturated carbocycles. The third-order valence-corrected chi connectivity index (χ3v) is 3.27. The van der Waals surface area contributed by atoms with E-state index in [4.69, 9.17) is 4.74 Å². The number of carbonyl (C=O) groups is 2. The molecule has 0 aliphatic carbocycles. The maximum Gasteiger partial charge on any atom is 0.329 e. The van der Waals surface area contributed by atoms with Crippen molar-refractivity contribution in [2.24, 2.45) is 0 Å². The van der Waals surface area contributed by atoms with Gasteiger partial charge in [0.1, 0.15) is 17.5 Å². The summed E-state index contributed by atoms with van der Waals surface area (Å²) < 4.78 is 18.5. The van der Waals surface area contributed by atoms with Crippen LogP contribution in [0.2, 0.25) is 0 Å². The van der Waals surface area contributed by atoms with Gasteiger partial charge in [0.25, 0.3) is 0 Å². The first kappa shape index (κ1) is 16.3. The van der Waals surface area contributed by atoms with Gasteiger partial charge in [0.15, 0.2) is 0 Å². The smallest absolute Gasteiger partial charge is 0.329 e. The molecular weight excluding hydrogens is 287 g/mol. The minimum atomic E-state index is -0.593. The summed E-state index contributed by atoms with van der Waals surface area (Å²) in [6.07, 6.45) is 1.31. The van der Waals surface area contributed by atoms with E-state index in [1.165, 1.54) is 23.1 Å². The molecule has 1 aromatic carbocycles. The van der Waals surface area contributed by atoms with Gasteiger partial charge in [-0.15, -0.1) is 0 Å². The van der Waals surface area contributed by atoms with Crippen molar-refractivity contribution >= 4 is 17.7 Å². The Kier molecular flexibility index (Phi) is 4.68. The zero-order valence-corrected chi connectivity index (χ0v) is 13.1. The molecule has 1 aliphatic rings. The molecule has 2 rings (SSSR count). The van der Waals surface area contributed by atoms with E-state index in [9.17, 15) is 14.0 Å². The first-order valence-electron chi connectivity index (χ1n) is 7.32. The maximum absolute atomic E-state index is 13.1. The lowest BCUT2D eigenvalue weighted by Gasteiger charge is -2.27. The number of ether oxygens (including phenoxy) is 1. The molecule has 1 aliphatic heterocycles. The topological polar surface area (TPSA) is 58.6 Å². The second kappa shape index (κ2) is 6.34. The summed E-state index contributed by atoms with van der Waals surface area (Å²) in [5, 5.41) is 2.61. The van der Waals surface area contributed by atoms with Crippen molar-refractivity contribution in [1.29, 1.82) is 0 Å². The van der Waals surface area contributed by atoms with E-state index in [1.807, 2.05) is 0 Å². The molecule has 0 spiro atoms. The first-order chi connectivity index (χ1) is 10.3. The molecule has 0 bridgehead atoms. The van der Waals surface area contributed by atoms with Crippen molar-refractivity contribution in [3.8, 4) is 0 Å². The average Bonchev–Trinajstić information content (AvgIpc) is 2.85. The Hall–Kier alpha value is -2.11. The van der Waals surface area contributed by atoms with Crippen molar-refractivity contribution in [3.05, 3.63) is 30.1 Å². The van der Waals surface area contributed by atoms with Crippen LogP contribution in [0.25, 0.3) is 0 Å². The highest BCUT2D eigenvalue weighted by Crippen LogP contribution is 2.22. The predicted octanol–water partition coefficient (Wildman–Crippen LogP) is 3.16. The number of nitrogens with one attached hydrogen (secondary N) is 1. The second-order valence-corrected chi connectivity index (χ2v) is 6.33. The standard InChI is InChI=1S/C16H21FN2O3/c1-16(2,3)22-14(20)13-8-5-9-19(13)15(21)18-12-7-4-6-11(17)10-12/h4,6-7,10,13H,5,8-9H2,1-3H3,(H,18,21)/t13-/m0/s1. The molecule has 0 radical (unpaired) electrons.